The molecule has 0 rings (SSSR count). The maximum atomic E-state index is 5.58. The van der Waals surface area contributed by atoms with Crippen LogP contribution in [0, 0.1) is 0 Å². The maximum Gasteiger partial charge on any atom is 0.264 e. The second-order valence-corrected chi connectivity index (χ2v) is 5.53. The van der Waals surface area contributed by atoms with Gasteiger partial charge in [0.1, 0.15) is 0 Å². The molecule has 0 atom stereocenters. The van der Waals surface area contributed by atoms with Gasteiger partial charge in [0.2, 0.25) is 0 Å². The molecule has 0 unspecified atom stereocenters. The number of methoxy groups -OCH3 is 1. The van der Waals surface area contributed by atoms with Crippen LogP contribution in [-0.2, 0) is 9.16 Å². The molecule has 0 saturated heterocycles. The molecule has 0 N–H and O–H groups in total. The second kappa shape index (κ2) is 5.94. The first-order chi connectivity index (χ1) is 5.74. The molecule has 0 aliphatic heterocycles. The van der Waals surface area contributed by atoms with E-state index in [0.717, 1.165) is 0 Å². The zero-order valence-electron chi connectivity index (χ0n) is 7.58. The first-order valence-corrected chi connectivity index (χ1v) is 5.92. The monoisotopic (exact) mass is 184 g/mol. The SMILES string of the molecule is C=C[Si](C=C)(C=C)OCCOC. The minimum atomic E-state index is -2.04. The summed E-state index contributed by atoms with van der Waals surface area (Å²) in [6.45, 7) is 12.3. The van der Waals surface area contributed by atoms with E-state index in [1.54, 1.807) is 24.2 Å². The van der Waals surface area contributed by atoms with E-state index in [9.17, 15) is 0 Å². The average Bonchev–Trinajstić information content (AvgIpc) is 2.14. The lowest BCUT2D eigenvalue weighted by molar-refractivity contribution is 0.145. The van der Waals surface area contributed by atoms with Crippen molar-refractivity contribution >= 4 is 8.32 Å². The molecule has 0 aromatic heterocycles. The van der Waals surface area contributed by atoms with Crippen molar-refractivity contribution in [3.05, 3.63) is 36.8 Å². The summed E-state index contributed by atoms with van der Waals surface area (Å²) in [5.74, 6) is 0. The summed E-state index contributed by atoms with van der Waals surface area (Å²) in [7, 11) is -0.402. The lowest BCUT2D eigenvalue weighted by Crippen LogP contribution is -2.33. The van der Waals surface area contributed by atoms with Crippen LogP contribution in [-0.4, -0.2) is 28.6 Å². The highest BCUT2D eigenvalue weighted by Crippen LogP contribution is 2.08. The molecule has 12 heavy (non-hydrogen) atoms. The molecule has 0 bridgehead atoms. The fourth-order valence-electron chi connectivity index (χ4n) is 0.729. The number of hydrogen-bond acceptors (Lipinski definition) is 2. The summed E-state index contributed by atoms with van der Waals surface area (Å²) in [4.78, 5) is 0. The van der Waals surface area contributed by atoms with E-state index in [0.29, 0.717) is 13.2 Å². The van der Waals surface area contributed by atoms with Gasteiger partial charge in [-0.3, -0.25) is 0 Å². The van der Waals surface area contributed by atoms with Crippen molar-refractivity contribution in [2.45, 2.75) is 0 Å². The van der Waals surface area contributed by atoms with Crippen molar-refractivity contribution in [1.82, 2.24) is 0 Å². The van der Waals surface area contributed by atoms with Gasteiger partial charge in [-0.15, -0.1) is 19.7 Å². The molecule has 0 spiro atoms. The summed E-state index contributed by atoms with van der Waals surface area (Å²) >= 11 is 0. The zero-order valence-corrected chi connectivity index (χ0v) is 8.58. The average molecular weight is 184 g/mol. The molecule has 0 aromatic carbocycles. The molecular formula is C9H16O2Si. The third-order valence-electron chi connectivity index (χ3n) is 1.60. The highest BCUT2D eigenvalue weighted by atomic mass is 28.4. The topological polar surface area (TPSA) is 18.5 Å². The second-order valence-electron chi connectivity index (χ2n) is 2.31. The Labute approximate surface area is 75.3 Å². The fourth-order valence-corrected chi connectivity index (χ4v) is 2.02. The van der Waals surface area contributed by atoms with Gasteiger partial charge in [0, 0.05) is 7.11 Å². The van der Waals surface area contributed by atoms with Gasteiger partial charge in [0.05, 0.1) is 13.2 Å². The van der Waals surface area contributed by atoms with Gasteiger partial charge in [0.25, 0.3) is 8.32 Å². The standard InChI is InChI=1S/C9H16O2Si/c1-5-12(6-2,7-3)11-9-8-10-4/h5-7H,1-3,8-9H2,4H3. The van der Waals surface area contributed by atoms with Crippen LogP contribution in [0.4, 0.5) is 0 Å². The molecule has 0 aliphatic carbocycles. The van der Waals surface area contributed by atoms with E-state index in [2.05, 4.69) is 19.7 Å². The summed E-state index contributed by atoms with van der Waals surface area (Å²) < 4.78 is 10.4. The maximum absolute atomic E-state index is 5.58. The summed E-state index contributed by atoms with van der Waals surface area (Å²) in [6.07, 6.45) is 0. The number of hydrogen-bond donors (Lipinski definition) is 0. The molecule has 0 aliphatic rings. The number of rotatable bonds is 7. The predicted molar refractivity (Wildman–Crippen MR) is 54.2 cm³/mol. The van der Waals surface area contributed by atoms with Gasteiger partial charge in [0.15, 0.2) is 0 Å². The Morgan fingerprint density at radius 2 is 1.58 bits per heavy atom. The minimum Gasteiger partial charge on any atom is -0.403 e. The Hall–Kier alpha value is -0.643. The van der Waals surface area contributed by atoms with Gasteiger partial charge in [-0.1, -0.05) is 17.1 Å². The van der Waals surface area contributed by atoms with Gasteiger partial charge < -0.3 is 9.16 Å². The minimum absolute atomic E-state index is 0.562. The molecule has 0 fully saturated rings. The first-order valence-electron chi connectivity index (χ1n) is 3.78. The Morgan fingerprint density at radius 1 is 1.08 bits per heavy atom. The molecule has 68 valence electrons. The van der Waals surface area contributed by atoms with Crippen LogP contribution >= 0.6 is 0 Å². The smallest absolute Gasteiger partial charge is 0.264 e. The Balaban J connectivity index is 4.02. The molecule has 0 saturated carbocycles. The van der Waals surface area contributed by atoms with Crippen LogP contribution < -0.4 is 0 Å². The lowest BCUT2D eigenvalue weighted by Gasteiger charge is -2.19. The van der Waals surface area contributed by atoms with E-state index >= 15 is 0 Å². The molecule has 2 nitrogen and oxygen atoms in total. The van der Waals surface area contributed by atoms with E-state index in [1.165, 1.54) is 0 Å². The Bertz CT molecular complexity index is 144. The molecule has 0 radical (unpaired) electrons. The number of ether oxygens (including phenoxy) is 1. The van der Waals surface area contributed by atoms with Crippen molar-refractivity contribution in [3.63, 3.8) is 0 Å². The van der Waals surface area contributed by atoms with Crippen LogP contribution in [0.25, 0.3) is 0 Å². The van der Waals surface area contributed by atoms with Crippen molar-refractivity contribution in [1.29, 1.82) is 0 Å². The third kappa shape index (κ3) is 3.17. The molecule has 0 heterocycles. The van der Waals surface area contributed by atoms with Crippen molar-refractivity contribution in [2.75, 3.05) is 20.3 Å². The predicted octanol–water partition coefficient (Wildman–Crippen LogP) is 1.77. The van der Waals surface area contributed by atoms with E-state index < -0.39 is 8.32 Å². The van der Waals surface area contributed by atoms with Gasteiger partial charge in [-0.25, -0.2) is 0 Å². The Morgan fingerprint density at radius 3 is 1.92 bits per heavy atom. The van der Waals surface area contributed by atoms with Gasteiger partial charge in [-0.05, 0) is 0 Å². The van der Waals surface area contributed by atoms with Gasteiger partial charge >= 0.3 is 0 Å². The fraction of sp³-hybridized carbons (Fsp3) is 0.333. The first kappa shape index (κ1) is 11.4. The molecule has 0 amide bonds. The van der Waals surface area contributed by atoms with Crippen LogP contribution in [0.1, 0.15) is 0 Å². The van der Waals surface area contributed by atoms with Crippen molar-refractivity contribution in [2.24, 2.45) is 0 Å². The molecule has 3 heteroatoms. The van der Waals surface area contributed by atoms with Crippen LogP contribution in [0.15, 0.2) is 36.8 Å². The van der Waals surface area contributed by atoms with Crippen LogP contribution in [0.3, 0.4) is 0 Å². The van der Waals surface area contributed by atoms with Crippen LogP contribution in [0.5, 0.6) is 0 Å². The van der Waals surface area contributed by atoms with Crippen molar-refractivity contribution in [3.8, 4) is 0 Å². The largest absolute Gasteiger partial charge is 0.403 e. The van der Waals surface area contributed by atoms with E-state index in [4.69, 9.17) is 9.16 Å². The summed E-state index contributed by atoms with van der Waals surface area (Å²) in [5.41, 5.74) is 5.38. The summed E-state index contributed by atoms with van der Waals surface area (Å²) in [5, 5.41) is 0. The van der Waals surface area contributed by atoms with Crippen molar-refractivity contribution < 1.29 is 9.16 Å². The quantitative estimate of drug-likeness (QED) is 0.443. The highest BCUT2D eigenvalue weighted by Gasteiger charge is 2.22. The summed E-state index contributed by atoms with van der Waals surface area (Å²) in [6, 6.07) is 0. The Kier molecular flexibility index (Phi) is 5.62. The zero-order chi connectivity index (χ0) is 9.45. The van der Waals surface area contributed by atoms with Gasteiger partial charge in [-0.2, -0.15) is 0 Å². The lowest BCUT2D eigenvalue weighted by atomic mass is 10.8. The molecular weight excluding hydrogens is 168 g/mol. The highest BCUT2D eigenvalue weighted by molar-refractivity contribution is 6.87. The van der Waals surface area contributed by atoms with Crippen LogP contribution in [0.2, 0.25) is 0 Å². The van der Waals surface area contributed by atoms with E-state index in [-0.39, 0.29) is 0 Å². The molecule has 0 aromatic rings. The van der Waals surface area contributed by atoms with E-state index in [1.807, 2.05) is 0 Å². The normalized spacial score (nSPS) is 10.8. The third-order valence-corrected chi connectivity index (χ3v) is 4.21.